The van der Waals surface area contributed by atoms with Gasteiger partial charge < -0.3 is 18.9 Å². The predicted molar refractivity (Wildman–Crippen MR) is 117 cm³/mol. The van der Waals surface area contributed by atoms with Crippen LogP contribution in [0.25, 0.3) is 0 Å². The first-order chi connectivity index (χ1) is 14.7. The van der Waals surface area contributed by atoms with Crippen LogP contribution in [0.5, 0.6) is 11.5 Å². The van der Waals surface area contributed by atoms with E-state index in [1.165, 1.54) is 38.5 Å². The Kier molecular flexibility index (Phi) is 15.1. The van der Waals surface area contributed by atoms with Crippen molar-refractivity contribution in [3.05, 3.63) is 24.3 Å². The lowest BCUT2D eigenvalue weighted by Gasteiger charge is -2.08. The quantitative estimate of drug-likeness (QED) is 0.157. The summed E-state index contributed by atoms with van der Waals surface area (Å²) in [7, 11) is 0. The fourth-order valence-corrected chi connectivity index (χ4v) is 2.90. The van der Waals surface area contributed by atoms with Crippen molar-refractivity contribution in [1.82, 2.24) is 0 Å². The first-order valence-electron chi connectivity index (χ1n) is 11.4. The highest BCUT2D eigenvalue weighted by molar-refractivity contribution is 5.65. The zero-order valence-electron chi connectivity index (χ0n) is 18.7. The number of benzene rings is 1. The number of hydrogen-bond donors (Lipinski definition) is 0. The molecule has 0 saturated heterocycles. The van der Waals surface area contributed by atoms with E-state index in [1.54, 1.807) is 24.3 Å². The summed E-state index contributed by atoms with van der Waals surface area (Å²) in [5, 5.41) is 0. The molecule has 0 amide bonds. The summed E-state index contributed by atoms with van der Waals surface area (Å²) in [6.07, 6.45) is 12.0. The Morgan fingerprint density at radius 2 is 0.900 bits per heavy atom. The second kappa shape index (κ2) is 17.6. The molecule has 0 aliphatic heterocycles. The molecule has 0 aliphatic carbocycles. The highest BCUT2D eigenvalue weighted by atomic mass is 16.7. The number of rotatable bonds is 16. The molecule has 0 aromatic heterocycles. The molecule has 0 unspecified atom stereocenters. The molecule has 170 valence electrons. The zero-order valence-corrected chi connectivity index (χ0v) is 18.7. The van der Waals surface area contributed by atoms with Crippen LogP contribution in [0.15, 0.2) is 24.3 Å². The first-order valence-corrected chi connectivity index (χ1v) is 11.4. The highest BCUT2D eigenvalue weighted by Crippen LogP contribution is 2.18. The SMILES string of the molecule is CCCCCCCCOC(=O)Oc1ccc(OC(=O)OCCCCCCCC)cc1. The topological polar surface area (TPSA) is 71.1 Å². The molecule has 0 fully saturated rings. The van der Waals surface area contributed by atoms with Crippen molar-refractivity contribution in [2.75, 3.05) is 13.2 Å². The van der Waals surface area contributed by atoms with Crippen LogP contribution < -0.4 is 9.47 Å². The second-order valence-electron chi connectivity index (χ2n) is 7.41. The van der Waals surface area contributed by atoms with Crippen LogP contribution in [0, 0.1) is 0 Å². The molecule has 1 aromatic carbocycles. The van der Waals surface area contributed by atoms with Gasteiger partial charge in [0, 0.05) is 0 Å². The van der Waals surface area contributed by atoms with Crippen molar-refractivity contribution >= 4 is 12.3 Å². The molecule has 1 rings (SSSR count). The van der Waals surface area contributed by atoms with Gasteiger partial charge >= 0.3 is 12.3 Å². The van der Waals surface area contributed by atoms with Crippen molar-refractivity contribution in [2.45, 2.75) is 90.9 Å². The second-order valence-corrected chi connectivity index (χ2v) is 7.41. The van der Waals surface area contributed by atoms with Gasteiger partial charge in [0.25, 0.3) is 0 Å². The Morgan fingerprint density at radius 1 is 0.567 bits per heavy atom. The molecule has 6 nitrogen and oxygen atoms in total. The number of hydrogen-bond acceptors (Lipinski definition) is 6. The summed E-state index contributed by atoms with van der Waals surface area (Å²) in [4.78, 5) is 23.4. The molecule has 1 aromatic rings. The molecular formula is C24H38O6. The number of carbonyl (C=O) groups excluding carboxylic acids is 2. The van der Waals surface area contributed by atoms with E-state index in [0.29, 0.717) is 24.7 Å². The summed E-state index contributed by atoms with van der Waals surface area (Å²) in [6.45, 7) is 5.08. The summed E-state index contributed by atoms with van der Waals surface area (Å²) in [6, 6.07) is 6.18. The molecule has 0 saturated carbocycles. The minimum Gasteiger partial charge on any atom is -0.434 e. The maximum absolute atomic E-state index is 11.7. The van der Waals surface area contributed by atoms with Gasteiger partial charge in [-0.05, 0) is 37.1 Å². The summed E-state index contributed by atoms with van der Waals surface area (Å²) in [5.74, 6) is 0.659. The lowest BCUT2D eigenvalue weighted by molar-refractivity contribution is 0.0950. The van der Waals surface area contributed by atoms with Crippen LogP contribution in [-0.2, 0) is 9.47 Å². The van der Waals surface area contributed by atoms with Crippen molar-refractivity contribution in [1.29, 1.82) is 0 Å². The van der Waals surface area contributed by atoms with E-state index in [1.807, 2.05) is 0 Å². The van der Waals surface area contributed by atoms with Gasteiger partial charge in [-0.3, -0.25) is 0 Å². The highest BCUT2D eigenvalue weighted by Gasteiger charge is 2.09. The van der Waals surface area contributed by atoms with Crippen LogP contribution in [0.4, 0.5) is 9.59 Å². The van der Waals surface area contributed by atoms with Crippen LogP contribution in [0.2, 0.25) is 0 Å². The fraction of sp³-hybridized carbons (Fsp3) is 0.667. The lowest BCUT2D eigenvalue weighted by atomic mass is 10.1. The molecule has 0 heterocycles. The maximum Gasteiger partial charge on any atom is 0.513 e. The van der Waals surface area contributed by atoms with Gasteiger partial charge in [0.15, 0.2) is 0 Å². The third-order valence-electron chi connectivity index (χ3n) is 4.66. The van der Waals surface area contributed by atoms with Crippen LogP contribution in [0.3, 0.4) is 0 Å². The normalized spacial score (nSPS) is 10.5. The van der Waals surface area contributed by atoms with Crippen molar-refractivity contribution in [2.24, 2.45) is 0 Å². The van der Waals surface area contributed by atoms with Gasteiger partial charge in [-0.1, -0.05) is 78.1 Å². The molecule has 6 heteroatoms. The van der Waals surface area contributed by atoms with E-state index in [-0.39, 0.29) is 0 Å². The molecule has 0 atom stereocenters. The summed E-state index contributed by atoms with van der Waals surface area (Å²) < 4.78 is 20.3. The Labute approximate surface area is 181 Å². The molecular weight excluding hydrogens is 384 g/mol. The summed E-state index contributed by atoms with van der Waals surface area (Å²) in [5.41, 5.74) is 0. The standard InChI is InChI=1S/C24H38O6/c1-3-5-7-9-11-13-19-27-23(25)29-21-15-17-22(18-16-21)30-24(26)28-20-14-12-10-8-6-4-2/h15-18H,3-14,19-20H2,1-2H3. The van der Waals surface area contributed by atoms with Gasteiger partial charge in [0.05, 0.1) is 13.2 Å². The van der Waals surface area contributed by atoms with E-state index in [0.717, 1.165) is 38.5 Å². The monoisotopic (exact) mass is 422 g/mol. The summed E-state index contributed by atoms with van der Waals surface area (Å²) >= 11 is 0. The Bertz CT molecular complexity index is 519. The third-order valence-corrected chi connectivity index (χ3v) is 4.66. The molecule has 0 radical (unpaired) electrons. The van der Waals surface area contributed by atoms with E-state index in [4.69, 9.17) is 18.9 Å². The average Bonchev–Trinajstić information content (AvgIpc) is 2.74. The van der Waals surface area contributed by atoms with E-state index >= 15 is 0 Å². The van der Waals surface area contributed by atoms with Crippen molar-refractivity contribution in [3.8, 4) is 11.5 Å². The van der Waals surface area contributed by atoms with Gasteiger partial charge in [-0.25, -0.2) is 9.59 Å². The van der Waals surface area contributed by atoms with Crippen molar-refractivity contribution in [3.63, 3.8) is 0 Å². The Morgan fingerprint density at radius 3 is 1.27 bits per heavy atom. The van der Waals surface area contributed by atoms with Crippen LogP contribution in [-0.4, -0.2) is 25.5 Å². The van der Waals surface area contributed by atoms with Gasteiger partial charge in [0.2, 0.25) is 0 Å². The largest absolute Gasteiger partial charge is 0.513 e. The van der Waals surface area contributed by atoms with Gasteiger partial charge in [-0.2, -0.15) is 0 Å². The zero-order chi connectivity index (χ0) is 21.9. The molecule has 0 bridgehead atoms. The van der Waals surface area contributed by atoms with E-state index in [9.17, 15) is 9.59 Å². The van der Waals surface area contributed by atoms with Crippen LogP contribution in [0.1, 0.15) is 90.9 Å². The third kappa shape index (κ3) is 13.9. The smallest absolute Gasteiger partial charge is 0.434 e. The first kappa shape index (κ1) is 25.8. The molecule has 0 N–H and O–H groups in total. The number of ether oxygens (including phenoxy) is 4. The number of unbranched alkanes of at least 4 members (excludes halogenated alkanes) is 10. The molecule has 0 spiro atoms. The number of carbonyl (C=O) groups is 2. The molecule has 30 heavy (non-hydrogen) atoms. The Hall–Kier alpha value is -2.24. The van der Waals surface area contributed by atoms with Crippen molar-refractivity contribution < 1.29 is 28.5 Å². The average molecular weight is 423 g/mol. The predicted octanol–water partition coefficient (Wildman–Crippen LogP) is 7.44. The fourth-order valence-electron chi connectivity index (χ4n) is 2.90. The van der Waals surface area contributed by atoms with Gasteiger partial charge in [-0.15, -0.1) is 0 Å². The van der Waals surface area contributed by atoms with Gasteiger partial charge in [0.1, 0.15) is 11.5 Å². The van der Waals surface area contributed by atoms with E-state index in [2.05, 4.69) is 13.8 Å². The molecule has 0 aliphatic rings. The Balaban J connectivity index is 2.14. The van der Waals surface area contributed by atoms with Crippen LogP contribution >= 0.6 is 0 Å². The van der Waals surface area contributed by atoms with E-state index < -0.39 is 12.3 Å². The minimum atomic E-state index is -0.726. The lowest BCUT2D eigenvalue weighted by Crippen LogP contribution is -2.12. The maximum atomic E-state index is 11.7. The minimum absolute atomic E-state index is 0.329.